The normalized spacial score (nSPS) is 16.3. The van der Waals surface area contributed by atoms with Crippen LogP contribution >= 0.6 is 0 Å². The number of pyridine rings is 1. The Kier molecular flexibility index (Phi) is 5.68. The fraction of sp³-hybridized carbons (Fsp3) is 0.368. The molecule has 1 N–H and O–H groups in total. The number of carbonyl (C=O) groups excluding carboxylic acids is 1. The van der Waals surface area contributed by atoms with Gasteiger partial charge in [0, 0.05) is 37.9 Å². The van der Waals surface area contributed by atoms with E-state index in [9.17, 15) is 13.2 Å². The molecule has 2 aromatic rings. The molecule has 1 saturated heterocycles. The van der Waals surface area contributed by atoms with Crippen molar-refractivity contribution in [3.05, 3.63) is 59.9 Å². The third-order valence-electron chi connectivity index (χ3n) is 4.65. The minimum Gasteiger partial charge on any atom is -0.352 e. The Morgan fingerprint density at radius 1 is 1.23 bits per heavy atom. The minimum absolute atomic E-state index is 0.00932. The van der Waals surface area contributed by atoms with Crippen molar-refractivity contribution in [2.24, 2.45) is 5.92 Å². The largest absolute Gasteiger partial charge is 0.352 e. The lowest BCUT2D eigenvalue weighted by molar-refractivity contribution is -0.126. The lowest BCUT2D eigenvalue weighted by Gasteiger charge is -2.30. The first-order valence-electron chi connectivity index (χ1n) is 8.70. The number of carbonyl (C=O) groups is 1. The van der Waals surface area contributed by atoms with Gasteiger partial charge in [0.1, 0.15) is 4.90 Å². The molecule has 0 aliphatic carbocycles. The average molecular weight is 373 g/mol. The molecule has 0 bridgehead atoms. The van der Waals surface area contributed by atoms with E-state index in [1.165, 1.54) is 10.5 Å². The first-order valence-corrected chi connectivity index (χ1v) is 10.1. The Morgan fingerprint density at radius 3 is 2.65 bits per heavy atom. The molecule has 1 aromatic heterocycles. The molecule has 0 radical (unpaired) electrons. The first-order chi connectivity index (χ1) is 12.5. The third-order valence-corrected chi connectivity index (χ3v) is 6.53. The molecule has 1 amide bonds. The van der Waals surface area contributed by atoms with Crippen molar-refractivity contribution in [3.63, 3.8) is 0 Å². The predicted molar refractivity (Wildman–Crippen MR) is 98.7 cm³/mol. The quantitative estimate of drug-likeness (QED) is 0.871. The number of amides is 1. The van der Waals surface area contributed by atoms with Crippen molar-refractivity contribution in [1.29, 1.82) is 0 Å². The van der Waals surface area contributed by atoms with Gasteiger partial charge < -0.3 is 5.32 Å². The molecule has 1 aliphatic heterocycles. The predicted octanol–water partition coefficient (Wildman–Crippen LogP) is 2.11. The van der Waals surface area contributed by atoms with Crippen LogP contribution in [0.5, 0.6) is 0 Å². The molecular formula is C19H23N3O3S. The molecular weight excluding hydrogens is 350 g/mol. The Balaban J connectivity index is 1.54. The second-order valence-electron chi connectivity index (χ2n) is 6.57. The molecule has 138 valence electrons. The second kappa shape index (κ2) is 7.97. The van der Waals surface area contributed by atoms with Crippen LogP contribution in [0.4, 0.5) is 0 Å². The van der Waals surface area contributed by atoms with Gasteiger partial charge in [0.2, 0.25) is 15.9 Å². The summed E-state index contributed by atoms with van der Waals surface area (Å²) in [5.74, 6) is -0.162. The van der Waals surface area contributed by atoms with Gasteiger partial charge in [-0.3, -0.25) is 9.78 Å². The average Bonchev–Trinajstić information content (AvgIpc) is 2.67. The van der Waals surface area contributed by atoms with Gasteiger partial charge in [-0.25, -0.2) is 8.42 Å². The van der Waals surface area contributed by atoms with E-state index >= 15 is 0 Å². The van der Waals surface area contributed by atoms with Crippen LogP contribution in [0.25, 0.3) is 0 Å². The summed E-state index contributed by atoms with van der Waals surface area (Å²) < 4.78 is 26.6. The third kappa shape index (κ3) is 4.28. The van der Waals surface area contributed by atoms with Crippen LogP contribution in [0, 0.1) is 12.8 Å². The zero-order valence-corrected chi connectivity index (χ0v) is 15.6. The minimum atomic E-state index is -3.53. The van der Waals surface area contributed by atoms with Crippen molar-refractivity contribution >= 4 is 15.9 Å². The highest BCUT2D eigenvalue weighted by Gasteiger charge is 2.32. The van der Waals surface area contributed by atoms with Crippen molar-refractivity contribution in [2.45, 2.75) is 31.2 Å². The van der Waals surface area contributed by atoms with E-state index in [1.54, 1.807) is 18.3 Å². The first kappa shape index (κ1) is 18.5. The van der Waals surface area contributed by atoms with Gasteiger partial charge >= 0.3 is 0 Å². The fourth-order valence-electron chi connectivity index (χ4n) is 3.16. The molecule has 1 aliphatic rings. The van der Waals surface area contributed by atoms with E-state index in [2.05, 4.69) is 10.3 Å². The summed E-state index contributed by atoms with van der Waals surface area (Å²) in [6, 6.07) is 11.2. The summed E-state index contributed by atoms with van der Waals surface area (Å²) in [7, 11) is -3.53. The van der Waals surface area contributed by atoms with Crippen molar-refractivity contribution in [3.8, 4) is 0 Å². The highest BCUT2D eigenvalue weighted by Crippen LogP contribution is 2.23. The summed E-state index contributed by atoms with van der Waals surface area (Å²) in [4.78, 5) is 16.5. The number of sulfonamides is 1. The van der Waals surface area contributed by atoms with Gasteiger partial charge in [-0.2, -0.15) is 4.31 Å². The molecule has 3 rings (SSSR count). The van der Waals surface area contributed by atoms with Gasteiger partial charge in [-0.1, -0.05) is 29.8 Å². The summed E-state index contributed by atoms with van der Waals surface area (Å²) in [5.41, 5.74) is 2.22. The highest BCUT2D eigenvalue weighted by molar-refractivity contribution is 7.89. The van der Waals surface area contributed by atoms with Gasteiger partial charge in [0.15, 0.2) is 0 Å². The van der Waals surface area contributed by atoms with Gasteiger partial charge in [0.25, 0.3) is 0 Å². The van der Waals surface area contributed by atoms with Crippen LogP contribution in [-0.2, 0) is 21.4 Å². The van der Waals surface area contributed by atoms with E-state index in [-0.39, 0.29) is 16.7 Å². The monoisotopic (exact) mass is 373 g/mol. The number of piperidine rings is 1. The van der Waals surface area contributed by atoms with E-state index in [0.29, 0.717) is 32.5 Å². The summed E-state index contributed by atoms with van der Waals surface area (Å²) in [6.45, 7) is 3.21. The standard InChI is InChI=1S/C19H23N3O3S/c1-15-4-2-5-16(12-15)13-21-19(23)17-7-10-22(11-8-17)26(24,25)18-6-3-9-20-14-18/h2-6,9,12,14,17H,7-8,10-11,13H2,1H3,(H,21,23). The van der Waals surface area contributed by atoms with Crippen LogP contribution in [0.15, 0.2) is 53.7 Å². The van der Waals surface area contributed by atoms with E-state index in [0.717, 1.165) is 11.1 Å². The van der Waals surface area contributed by atoms with Crippen molar-refractivity contribution in [2.75, 3.05) is 13.1 Å². The van der Waals surface area contributed by atoms with Crippen LogP contribution in [-0.4, -0.2) is 36.7 Å². The Bertz CT molecular complexity index is 861. The zero-order valence-electron chi connectivity index (χ0n) is 14.8. The maximum absolute atomic E-state index is 12.6. The van der Waals surface area contributed by atoms with Crippen LogP contribution in [0.2, 0.25) is 0 Å². The molecule has 1 fully saturated rings. The molecule has 7 heteroatoms. The van der Waals surface area contributed by atoms with E-state index < -0.39 is 10.0 Å². The van der Waals surface area contributed by atoms with E-state index in [1.807, 2.05) is 31.2 Å². The molecule has 2 heterocycles. The Hall–Kier alpha value is -2.25. The molecule has 1 aromatic carbocycles. The fourth-order valence-corrected chi connectivity index (χ4v) is 4.60. The van der Waals surface area contributed by atoms with Gasteiger partial charge in [-0.05, 0) is 37.5 Å². The number of nitrogens with zero attached hydrogens (tertiary/aromatic N) is 2. The second-order valence-corrected chi connectivity index (χ2v) is 8.51. The number of aromatic nitrogens is 1. The van der Waals surface area contributed by atoms with Crippen molar-refractivity contribution in [1.82, 2.24) is 14.6 Å². The van der Waals surface area contributed by atoms with Crippen LogP contribution in [0.3, 0.4) is 0 Å². The molecule has 6 nitrogen and oxygen atoms in total. The summed E-state index contributed by atoms with van der Waals surface area (Å²) in [6.07, 6.45) is 3.96. The zero-order chi connectivity index (χ0) is 18.6. The number of aryl methyl sites for hydroxylation is 1. The topological polar surface area (TPSA) is 79.4 Å². The van der Waals surface area contributed by atoms with Crippen LogP contribution in [0.1, 0.15) is 24.0 Å². The van der Waals surface area contributed by atoms with Crippen molar-refractivity contribution < 1.29 is 13.2 Å². The highest BCUT2D eigenvalue weighted by atomic mass is 32.2. The SMILES string of the molecule is Cc1cccc(CNC(=O)C2CCN(S(=O)(=O)c3cccnc3)CC2)c1. The molecule has 0 unspecified atom stereocenters. The smallest absolute Gasteiger partial charge is 0.244 e. The molecule has 26 heavy (non-hydrogen) atoms. The van der Waals surface area contributed by atoms with E-state index in [4.69, 9.17) is 0 Å². The Morgan fingerprint density at radius 2 is 2.00 bits per heavy atom. The lowest BCUT2D eigenvalue weighted by Crippen LogP contribution is -2.42. The molecule has 0 saturated carbocycles. The Labute approximate surface area is 154 Å². The number of benzene rings is 1. The molecule has 0 atom stereocenters. The van der Waals surface area contributed by atoms with Gasteiger partial charge in [-0.15, -0.1) is 0 Å². The van der Waals surface area contributed by atoms with Crippen LogP contribution < -0.4 is 5.32 Å². The summed E-state index contributed by atoms with van der Waals surface area (Å²) >= 11 is 0. The molecule has 0 spiro atoms. The number of nitrogens with one attached hydrogen (secondary N) is 1. The summed E-state index contributed by atoms with van der Waals surface area (Å²) in [5, 5.41) is 2.96. The number of rotatable bonds is 5. The lowest BCUT2D eigenvalue weighted by atomic mass is 9.97. The maximum atomic E-state index is 12.6. The van der Waals surface area contributed by atoms with Gasteiger partial charge in [0.05, 0.1) is 0 Å². The number of hydrogen-bond donors (Lipinski definition) is 1. The maximum Gasteiger partial charge on any atom is 0.244 e. The number of hydrogen-bond acceptors (Lipinski definition) is 4.